The van der Waals surface area contributed by atoms with Gasteiger partial charge in [-0.1, -0.05) is 65.8 Å². The number of nitrogens with zero attached hydrogens (tertiary/aromatic N) is 4. The lowest BCUT2D eigenvalue weighted by Gasteiger charge is -2.13. The summed E-state index contributed by atoms with van der Waals surface area (Å²) in [5.41, 5.74) is 3.31. The largest absolute Gasteiger partial charge is 0.212 e. The number of fused-ring (bicyclic) bond motifs is 1. The second-order valence-corrected chi connectivity index (χ2v) is 6.59. The molecule has 1 aliphatic rings. The molecule has 0 N–H and O–H groups in total. The van der Waals surface area contributed by atoms with Crippen LogP contribution in [0.15, 0.2) is 64.9 Å². The van der Waals surface area contributed by atoms with Crippen LogP contribution in [0.4, 0.5) is 0 Å². The molecule has 2 heterocycles. The average molecular weight is 422 g/mol. The number of thioether (sulfide) groups is 1. The van der Waals surface area contributed by atoms with Crippen LogP contribution in [-0.2, 0) is 6.42 Å². The Kier molecular flexibility index (Phi) is 5.38. The highest BCUT2D eigenvalue weighted by Gasteiger charge is 2.19. The first-order chi connectivity index (χ1) is 11.3. The molecule has 3 aromatic rings. The van der Waals surface area contributed by atoms with E-state index < -0.39 is 0 Å². The minimum absolute atomic E-state index is 0. The van der Waals surface area contributed by atoms with Gasteiger partial charge >= 0.3 is 0 Å². The van der Waals surface area contributed by atoms with Crippen LogP contribution in [-0.4, -0.2) is 26.3 Å². The maximum atomic E-state index is 5.94. The van der Waals surface area contributed by atoms with Crippen molar-refractivity contribution >= 4 is 46.1 Å². The van der Waals surface area contributed by atoms with Gasteiger partial charge in [-0.15, -0.1) is 27.2 Å². The predicted molar refractivity (Wildman–Crippen MR) is 104 cm³/mol. The van der Waals surface area contributed by atoms with Gasteiger partial charge in [-0.05, 0) is 23.3 Å². The minimum atomic E-state index is 0. The quantitative estimate of drug-likeness (QED) is 0.627. The zero-order chi connectivity index (χ0) is 15.6. The molecule has 0 spiro atoms. The van der Waals surface area contributed by atoms with Crippen molar-refractivity contribution in [2.75, 3.05) is 5.75 Å². The Balaban J connectivity index is 0.00000169. The van der Waals surface area contributed by atoms with E-state index in [1.165, 1.54) is 0 Å². The number of hydrogen-bond donors (Lipinski definition) is 0. The fourth-order valence-corrected chi connectivity index (χ4v) is 3.42. The highest BCUT2D eigenvalue weighted by atomic mass is 79.9. The number of hydrogen-bond acceptors (Lipinski definition) is 4. The smallest absolute Gasteiger partial charge is 0.191 e. The Morgan fingerprint density at radius 2 is 1.75 bits per heavy atom. The molecule has 0 atom stereocenters. The third-order valence-corrected chi connectivity index (χ3v) is 4.80. The highest BCUT2D eigenvalue weighted by molar-refractivity contribution is 8.93. The minimum Gasteiger partial charge on any atom is -0.191 e. The van der Waals surface area contributed by atoms with Gasteiger partial charge in [0.25, 0.3) is 0 Å². The van der Waals surface area contributed by atoms with Crippen molar-refractivity contribution in [1.29, 1.82) is 0 Å². The van der Waals surface area contributed by atoms with Gasteiger partial charge in [0.05, 0.1) is 5.71 Å². The molecule has 4 rings (SSSR count). The molecule has 0 amide bonds. The summed E-state index contributed by atoms with van der Waals surface area (Å²) in [7, 11) is 0. The van der Waals surface area contributed by atoms with Gasteiger partial charge < -0.3 is 0 Å². The summed E-state index contributed by atoms with van der Waals surface area (Å²) < 4.78 is 1.85. The third kappa shape index (κ3) is 3.55. The van der Waals surface area contributed by atoms with E-state index in [4.69, 9.17) is 16.7 Å². The summed E-state index contributed by atoms with van der Waals surface area (Å²) in [4.78, 5) is 0. The number of halogens is 2. The fraction of sp³-hybridized carbons (Fsp3) is 0.118. The Hall–Kier alpha value is -1.63. The molecule has 0 aliphatic carbocycles. The van der Waals surface area contributed by atoms with Crippen molar-refractivity contribution in [3.8, 4) is 0 Å². The van der Waals surface area contributed by atoms with Crippen LogP contribution in [0.2, 0.25) is 5.02 Å². The predicted octanol–water partition coefficient (Wildman–Crippen LogP) is 4.46. The van der Waals surface area contributed by atoms with E-state index in [9.17, 15) is 0 Å². The lowest BCUT2D eigenvalue weighted by atomic mass is 10.1. The highest BCUT2D eigenvalue weighted by Crippen LogP contribution is 2.25. The van der Waals surface area contributed by atoms with Crippen molar-refractivity contribution in [1.82, 2.24) is 14.9 Å². The molecule has 1 aromatic heterocycles. The molecule has 0 fully saturated rings. The molecule has 7 heteroatoms. The maximum absolute atomic E-state index is 5.94. The summed E-state index contributed by atoms with van der Waals surface area (Å²) in [6.07, 6.45) is 0.677. The summed E-state index contributed by atoms with van der Waals surface area (Å²) in [5.74, 6) is 1.64. The van der Waals surface area contributed by atoms with Gasteiger partial charge in [0.15, 0.2) is 5.82 Å². The van der Waals surface area contributed by atoms with Crippen molar-refractivity contribution in [3.05, 3.63) is 76.6 Å². The van der Waals surface area contributed by atoms with Crippen molar-refractivity contribution in [3.63, 3.8) is 0 Å². The van der Waals surface area contributed by atoms with E-state index >= 15 is 0 Å². The Labute approximate surface area is 159 Å². The monoisotopic (exact) mass is 420 g/mol. The molecular formula is C17H14BrClN4S. The molecule has 0 saturated carbocycles. The molecule has 24 heavy (non-hydrogen) atoms. The van der Waals surface area contributed by atoms with Crippen LogP contribution in [0.3, 0.4) is 0 Å². The summed E-state index contributed by atoms with van der Waals surface area (Å²) in [6, 6.07) is 18.0. The maximum Gasteiger partial charge on any atom is 0.212 e. The number of benzene rings is 2. The molecule has 122 valence electrons. The Morgan fingerprint density at radius 1 is 1.00 bits per heavy atom. The van der Waals surface area contributed by atoms with E-state index in [1.807, 2.05) is 47.1 Å². The molecule has 0 radical (unpaired) electrons. The fourth-order valence-electron chi connectivity index (χ4n) is 2.44. The van der Waals surface area contributed by atoms with Crippen LogP contribution in [0.25, 0.3) is 0 Å². The molecular weight excluding hydrogens is 408 g/mol. The summed E-state index contributed by atoms with van der Waals surface area (Å²) in [5, 5.41) is 14.9. The Morgan fingerprint density at radius 3 is 2.50 bits per heavy atom. The van der Waals surface area contributed by atoms with Crippen molar-refractivity contribution < 1.29 is 0 Å². The third-order valence-electron chi connectivity index (χ3n) is 3.62. The molecule has 2 aromatic carbocycles. The van der Waals surface area contributed by atoms with E-state index in [-0.39, 0.29) is 17.0 Å². The lowest BCUT2D eigenvalue weighted by molar-refractivity contribution is 0.720. The normalized spacial score (nSPS) is 13.0. The average Bonchev–Trinajstić information content (AvgIpc) is 3.00. The van der Waals surface area contributed by atoms with Crippen LogP contribution in [0.5, 0.6) is 0 Å². The van der Waals surface area contributed by atoms with Crippen LogP contribution in [0.1, 0.15) is 17.0 Å². The van der Waals surface area contributed by atoms with Gasteiger partial charge in [0, 0.05) is 17.2 Å². The first-order valence-corrected chi connectivity index (χ1v) is 8.61. The van der Waals surface area contributed by atoms with Crippen LogP contribution < -0.4 is 0 Å². The van der Waals surface area contributed by atoms with Gasteiger partial charge in [-0.2, -0.15) is 9.78 Å². The zero-order valence-electron chi connectivity index (χ0n) is 12.6. The lowest BCUT2D eigenvalue weighted by Crippen LogP contribution is -2.14. The topological polar surface area (TPSA) is 43.1 Å². The van der Waals surface area contributed by atoms with Gasteiger partial charge in [-0.25, -0.2) is 0 Å². The SMILES string of the molecule is Br.Clc1ccc(Cc2nnc3n2N=C(c2ccccc2)CS3)cc1. The van der Waals surface area contributed by atoms with Gasteiger partial charge in [0.1, 0.15) is 0 Å². The van der Waals surface area contributed by atoms with E-state index in [1.54, 1.807) is 11.8 Å². The van der Waals surface area contributed by atoms with Crippen LogP contribution >= 0.6 is 40.3 Å². The second-order valence-electron chi connectivity index (χ2n) is 5.22. The summed E-state index contributed by atoms with van der Waals surface area (Å²) >= 11 is 7.60. The molecule has 1 aliphatic heterocycles. The molecule has 4 nitrogen and oxygen atoms in total. The second kappa shape index (κ2) is 7.51. The van der Waals surface area contributed by atoms with Gasteiger partial charge in [-0.3, -0.25) is 0 Å². The van der Waals surface area contributed by atoms with E-state index in [0.717, 1.165) is 38.6 Å². The molecule has 0 saturated heterocycles. The Bertz CT molecular complexity index is 862. The first kappa shape index (κ1) is 17.2. The van der Waals surface area contributed by atoms with E-state index in [2.05, 4.69) is 22.3 Å². The molecule has 0 bridgehead atoms. The van der Waals surface area contributed by atoms with Gasteiger partial charge in [0.2, 0.25) is 5.16 Å². The molecule has 0 unspecified atom stereocenters. The van der Waals surface area contributed by atoms with Crippen molar-refractivity contribution in [2.24, 2.45) is 5.10 Å². The standard InChI is InChI=1S/C17H13ClN4S.BrH/c18-14-8-6-12(7-9-14)10-16-19-20-17-22(16)21-15(11-23-17)13-4-2-1-3-5-13;/h1-9H,10-11H2;1H. The first-order valence-electron chi connectivity index (χ1n) is 7.24. The zero-order valence-corrected chi connectivity index (χ0v) is 15.9. The number of aromatic nitrogens is 3. The number of rotatable bonds is 3. The van der Waals surface area contributed by atoms with Crippen LogP contribution in [0, 0.1) is 0 Å². The van der Waals surface area contributed by atoms with Crippen molar-refractivity contribution in [2.45, 2.75) is 11.6 Å². The van der Waals surface area contributed by atoms with E-state index in [0.29, 0.717) is 6.42 Å². The summed E-state index contributed by atoms with van der Waals surface area (Å²) in [6.45, 7) is 0.